The van der Waals surface area contributed by atoms with Crippen LogP contribution in [0.25, 0.3) is 16.4 Å². The summed E-state index contributed by atoms with van der Waals surface area (Å²) in [6.07, 6.45) is 13.3. The highest BCUT2D eigenvalue weighted by molar-refractivity contribution is 5.83. The van der Waals surface area contributed by atoms with Gasteiger partial charge in [0.2, 0.25) is 0 Å². The lowest BCUT2D eigenvalue weighted by atomic mass is 9.74. The topological polar surface area (TPSA) is 50.4 Å². The minimum absolute atomic E-state index is 0.236. The Labute approximate surface area is 180 Å². The van der Waals surface area contributed by atoms with Gasteiger partial charge >= 0.3 is 0 Å². The predicted octanol–water partition coefficient (Wildman–Crippen LogP) is 5.91. The van der Waals surface area contributed by atoms with Crippen molar-refractivity contribution in [3.05, 3.63) is 77.8 Å². The molecule has 1 aromatic carbocycles. The molecule has 0 aliphatic heterocycles. The molecule has 158 valence electrons. The number of fused-ring (bicyclic) bond motifs is 2. The SMILES string of the molecule is O[C@@H](c1c(C2CC2)ccn2cncc12)[C@H]1CC[C@H](c2ccc(F)c3ncccc32)CC1. The van der Waals surface area contributed by atoms with E-state index in [0.717, 1.165) is 42.1 Å². The molecule has 3 aromatic heterocycles. The Balaban J connectivity index is 1.27. The number of rotatable bonds is 4. The number of aliphatic hydroxyl groups is 1. The summed E-state index contributed by atoms with van der Waals surface area (Å²) in [5.74, 6) is 0.938. The maximum absolute atomic E-state index is 14.2. The van der Waals surface area contributed by atoms with Crippen LogP contribution >= 0.6 is 0 Å². The van der Waals surface area contributed by atoms with Gasteiger partial charge in [-0.25, -0.2) is 9.37 Å². The van der Waals surface area contributed by atoms with Crippen LogP contribution in [0.5, 0.6) is 0 Å². The van der Waals surface area contributed by atoms with Crippen LogP contribution in [0.4, 0.5) is 4.39 Å². The van der Waals surface area contributed by atoms with Crippen LogP contribution in [-0.2, 0) is 0 Å². The molecular formula is C26H26FN3O. The zero-order chi connectivity index (χ0) is 20.9. The van der Waals surface area contributed by atoms with Gasteiger partial charge in [0.05, 0.1) is 24.1 Å². The lowest BCUT2D eigenvalue weighted by Crippen LogP contribution is -2.21. The largest absolute Gasteiger partial charge is 0.388 e. The van der Waals surface area contributed by atoms with Crippen LogP contribution in [-0.4, -0.2) is 19.5 Å². The molecule has 1 atom stereocenters. The number of benzene rings is 1. The number of nitrogens with zero attached hydrogens (tertiary/aromatic N) is 3. The predicted molar refractivity (Wildman–Crippen MR) is 119 cm³/mol. The molecule has 0 bridgehead atoms. The molecule has 5 heteroatoms. The number of hydrogen-bond donors (Lipinski definition) is 1. The fourth-order valence-electron chi connectivity index (χ4n) is 5.60. The van der Waals surface area contributed by atoms with Gasteiger partial charge in [0.1, 0.15) is 11.3 Å². The van der Waals surface area contributed by atoms with Crippen molar-refractivity contribution in [1.29, 1.82) is 0 Å². The first-order valence-electron chi connectivity index (χ1n) is 11.4. The third kappa shape index (κ3) is 3.23. The van der Waals surface area contributed by atoms with Gasteiger partial charge in [0.25, 0.3) is 0 Å². The lowest BCUT2D eigenvalue weighted by molar-refractivity contribution is 0.0811. The van der Waals surface area contributed by atoms with Crippen molar-refractivity contribution in [3.63, 3.8) is 0 Å². The molecule has 2 saturated carbocycles. The van der Waals surface area contributed by atoms with Crippen molar-refractivity contribution in [3.8, 4) is 0 Å². The van der Waals surface area contributed by atoms with E-state index in [1.54, 1.807) is 12.3 Å². The maximum atomic E-state index is 14.2. The van der Waals surface area contributed by atoms with Crippen LogP contribution in [0.1, 0.15) is 73.2 Å². The molecule has 0 radical (unpaired) electrons. The van der Waals surface area contributed by atoms with E-state index in [-0.39, 0.29) is 11.7 Å². The van der Waals surface area contributed by atoms with Crippen LogP contribution < -0.4 is 0 Å². The normalized spacial score (nSPS) is 22.8. The van der Waals surface area contributed by atoms with Crippen LogP contribution in [0.3, 0.4) is 0 Å². The van der Waals surface area contributed by atoms with Crippen molar-refractivity contribution < 1.29 is 9.50 Å². The molecule has 4 aromatic rings. The smallest absolute Gasteiger partial charge is 0.149 e. The van der Waals surface area contributed by atoms with Gasteiger partial charge in [0.15, 0.2) is 0 Å². The summed E-state index contributed by atoms with van der Waals surface area (Å²) < 4.78 is 16.2. The van der Waals surface area contributed by atoms with Crippen LogP contribution in [0.2, 0.25) is 0 Å². The molecule has 0 unspecified atom stereocenters. The Hall–Kier alpha value is -2.79. The minimum Gasteiger partial charge on any atom is -0.388 e. The minimum atomic E-state index is -0.469. The van der Waals surface area contributed by atoms with Gasteiger partial charge < -0.3 is 9.51 Å². The quantitative estimate of drug-likeness (QED) is 0.451. The van der Waals surface area contributed by atoms with E-state index < -0.39 is 6.10 Å². The van der Waals surface area contributed by atoms with E-state index >= 15 is 0 Å². The highest BCUT2D eigenvalue weighted by Gasteiger charge is 2.34. The summed E-state index contributed by atoms with van der Waals surface area (Å²) in [6.45, 7) is 0. The first kappa shape index (κ1) is 18.9. The maximum Gasteiger partial charge on any atom is 0.149 e. The summed E-state index contributed by atoms with van der Waals surface area (Å²) in [5, 5.41) is 12.4. The third-order valence-electron chi connectivity index (χ3n) is 7.39. The molecule has 6 rings (SSSR count). The highest BCUT2D eigenvalue weighted by atomic mass is 19.1. The summed E-state index contributed by atoms with van der Waals surface area (Å²) in [6, 6.07) is 9.51. The molecule has 2 aliphatic rings. The number of aromatic nitrogens is 3. The number of pyridine rings is 2. The Morgan fingerprint density at radius 3 is 2.55 bits per heavy atom. The zero-order valence-corrected chi connectivity index (χ0v) is 17.4. The monoisotopic (exact) mass is 415 g/mol. The number of hydrogen-bond acceptors (Lipinski definition) is 3. The average Bonchev–Trinajstić information content (AvgIpc) is 3.55. The molecule has 3 heterocycles. The molecule has 4 nitrogen and oxygen atoms in total. The Kier molecular flexibility index (Phi) is 4.53. The number of aliphatic hydroxyl groups excluding tert-OH is 1. The Bertz CT molecular complexity index is 1250. The molecule has 0 saturated heterocycles. The summed E-state index contributed by atoms with van der Waals surface area (Å²) in [4.78, 5) is 8.57. The zero-order valence-electron chi connectivity index (χ0n) is 17.4. The second kappa shape index (κ2) is 7.41. The van der Waals surface area contributed by atoms with Gasteiger partial charge in [-0.2, -0.15) is 0 Å². The molecule has 1 N–H and O–H groups in total. The Morgan fingerprint density at radius 1 is 0.968 bits per heavy atom. The van der Waals surface area contributed by atoms with Crippen LogP contribution in [0.15, 0.2) is 55.2 Å². The molecule has 2 aliphatic carbocycles. The van der Waals surface area contributed by atoms with Crippen molar-refractivity contribution in [2.24, 2.45) is 5.92 Å². The number of halogens is 1. The van der Waals surface area contributed by atoms with E-state index in [4.69, 9.17) is 0 Å². The molecule has 31 heavy (non-hydrogen) atoms. The summed E-state index contributed by atoms with van der Waals surface area (Å²) in [5.41, 5.74) is 5.08. The molecule has 0 amide bonds. The Morgan fingerprint density at radius 2 is 1.74 bits per heavy atom. The molecule has 0 spiro atoms. The highest BCUT2D eigenvalue weighted by Crippen LogP contribution is 2.48. The van der Waals surface area contributed by atoms with E-state index in [2.05, 4.69) is 22.2 Å². The first-order valence-corrected chi connectivity index (χ1v) is 11.4. The van der Waals surface area contributed by atoms with Crippen molar-refractivity contribution in [2.75, 3.05) is 0 Å². The van der Waals surface area contributed by atoms with Gasteiger partial charge in [-0.1, -0.05) is 12.1 Å². The molecular weight excluding hydrogens is 389 g/mol. The van der Waals surface area contributed by atoms with E-state index in [1.165, 1.54) is 24.0 Å². The average molecular weight is 416 g/mol. The fraction of sp³-hybridized carbons (Fsp3) is 0.385. The standard InChI is InChI=1S/C26H26FN3O/c27-22-10-9-19(21-2-1-12-29-25(21)22)16-5-7-18(8-6-16)26(31)24-20(17-3-4-17)11-13-30-15-28-14-23(24)30/h1-2,9-18,26,31H,3-8H2/t16-,18-,26-/m1/s1. The summed E-state index contributed by atoms with van der Waals surface area (Å²) in [7, 11) is 0. The lowest BCUT2D eigenvalue weighted by Gasteiger charge is -2.33. The van der Waals surface area contributed by atoms with Crippen molar-refractivity contribution >= 4 is 16.4 Å². The van der Waals surface area contributed by atoms with Gasteiger partial charge in [-0.15, -0.1) is 0 Å². The van der Waals surface area contributed by atoms with Gasteiger partial charge in [-0.3, -0.25) is 4.98 Å². The summed E-state index contributed by atoms with van der Waals surface area (Å²) >= 11 is 0. The fourth-order valence-corrected chi connectivity index (χ4v) is 5.60. The van der Waals surface area contributed by atoms with E-state index in [1.807, 2.05) is 35.1 Å². The van der Waals surface area contributed by atoms with Crippen molar-refractivity contribution in [2.45, 2.75) is 56.5 Å². The second-order valence-corrected chi connectivity index (χ2v) is 9.24. The third-order valence-corrected chi connectivity index (χ3v) is 7.39. The van der Waals surface area contributed by atoms with Gasteiger partial charge in [0, 0.05) is 23.3 Å². The molecule has 2 fully saturated rings. The van der Waals surface area contributed by atoms with Crippen molar-refractivity contribution in [1.82, 2.24) is 14.4 Å². The first-order chi connectivity index (χ1) is 15.2. The van der Waals surface area contributed by atoms with Gasteiger partial charge in [-0.05, 0) is 85.6 Å². The van der Waals surface area contributed by atoms with E-state index in [9.17, 15) is 9.50 Å². The van der Waals surface area contributed by atoms with E-state index in [0.29, 0.717) is 17.4 Å². The number of imidazole rings is 1. The van der Waals surface area contributed by atoms with Crippen LogP contribution in [0, 0.1) is 11.7 Å². The second-order valence-electron chi connectivity index (χ2n) is 9.24.